The van der Waals surface area contributed by atoms with Gasteiger partial charge in [-0.1, -0.05) is 0 Å². The van der Waals surface area contributed by atoms with E-state index in [9.17, 15) is 13.2 Å². The molecule has 0 bridgehead atoms. The van der Waals surface area contributed by atoms with Crippen LogP contribution in [-0.2, 0) is 10.3 Å². The minimum Gasteiger partial charge on any atom is -0.373 e. The normalized spacial score (nSPS) is 18.3. The lowest BCUT2D eigenvalue weighted by Crippen LogP contribution is -2.14. The predicted octanol–water partition coefficient (Wildman–Crippen LogP) is 2.74. The molecule has 1 nitrogen and oxygen atoms in total. The highest BCUT2D eigenvalue weighted by molar-refractivity contribution is 5.31. The Labute approximate surface area is 79.5 Å². The topological polar surface area (TPSA) is 9.23 Å². The molecule has 1 saturated carbocycles. The number of rotatable bonds is 2. The fourth-order valence-electron chi connectivity index (χ4n) is 1.65. The average Bonchev–Trinajstić information content (AvgIpc) is 2.83. The van der Waals surface area contributed by atoms with Crippen molar-refractivity contribution in [3.63, 3.8) is 0 Å². The molecule has 0 radical (unpaired) electrons. The average molecular weight is 202 g/mol. The molecule has 0 spiro atoms. The van der Waals surface area contributed by atoms with Crippen molar-refractivity contribution in [2.45, 2.75) is 18.4 Å². The van der Waals surface area contributed by atoms with Crippen LogP contribution in [0.4, 0.5) is 13.2 Å². The molecule has 0 atom stereocenters. The van der Waals surface area contributed by atoms with E-state index < -0.39 is 23.1 Å². The smallest absolute Gasteiger partial charge is 0.135 e. The highest BCUT2D eigenvalue weighted by Crippen LogP contribution is 2.50. The van der Waals surface area contributed by atoms with Gasteiger partial charge < -0.3 is 4.74 Å². The SMILES string of the molecule is COC1(c2c(F)cc(F)cc2F)CC1. The monoisotopic (exact) mass is 202 g/mol. The molecule has 0 aliphatic heterocycles. The fraction of sp³-hybridized carbons (Fsp3) is 0.400. The first-order chi connectivity index (χ1) is 6.59. The van der Waals surface area contributed by atoms with Crippen LogP contribution in [-0.4, -0.2) is 7.11 Å². The second kappa shape index (κ2) is 2.98. The molecule has 0 saturated heterocycles. The third kappa shape index (κ3) is 1.30. The number of hydrogen-bond donors (Lipinski definition) is 0. The lowest BCUT2D eigenvalue weighted by Gasteiger charge is -2.15. The molecule has 1 aromatic carbocycles. The van der Waals surface area contributed by atoms with Crippen molar-refractivity contribution in [3.05, 3.63) is 35.1 Å². The number of ether oxygens (including phenoxy) is 1. The van der Waals surface area contributed by atoms with Gasteiger partial charge in [0.25, 0.3) is 0 Å². The summed E-state index contributed by atoms with van der Waals surface area (Å²) in [7, 11) is 1.40. The van der Waals surface area contributed by atoms with Crippen molar-refractivity contribution in [2.75, 3.05) is 7.11 Å². The molecule has 1 fully saturated rings. The predicted molar refractivity (Wildman–Crippen MR) is 44.2 cm³/mol. The van der Waals surface area contributed by atoms with Gasteiger partial charge in [0.15, 0.2) is 0 Å². The Balaban J connectivity index is 2.53. The minimum absolute atomic E-state index is 0.151. The van der Waals surface area contributed by atoms with Crippen molar-refractivity contribution in [3.8, 4) is 0 Å². The van der Waals surface area contributed by atoms with Crippen molar-refractivity contribution in [2.24, 2.45) is 0 Å². The maximum atomic E-state index is 13.3. The molecule has 0 aromatic heterocycles. The fourth-order valence-corrected chi connectivity index (χ4v) is 1.65. The van der Waals surface area contributed by atoms with Gasteiger partial charge in [-0.15, -0.1) is 0 Å². The molecule has 76 valence electrons. The largest absolute Gasteiger partial charge is 0.373 e. The standard InChI is InChI=1S/C10H9F3O/c1-14-10(2-3-10)9-7(12)4-6(11)5-8(9)13/h4-5H,2-3H2,1H3. The second-order valence-electron chi connectivity index (χ2n) is 3.44. The van der Waals surface area contributed by atoms with E-state index in [-0.39, 0.29) is 5.56 Å². The van der Waals surface area contributed by atoms with Gasteiger partial charge in [-0.05, 0) is 12.8 Å². The molecule has 1 aromatic rings. The van der Waals surface area contributed by atoms with Gasteiger partial charge in [-0.3, -0.25) is 0 Å². The van der Waals surface area contributed by atoms with Crippen LogP contribution in [0.5, 0.6) is 0 Å². The lowest BCUT2D eigenvalue weighted by atomic mass is 10.1. The quantitative estimate of drug-likeness (QED) is 0.716. The zero-order valence-corrected chi connectivity index (χ0v) is 7.61. The molecule has 0 unspecified atom stereocenters. The summed E-state index contributed by atoms with van der Waals surface area (Å²) in [5.74, 6) is -2.65. The van der Waals surface area contributed by atoms with E-state index in [4.69, 9.17) is 4.74 Å². The Morgan fingerprint density at radius 2 is 1.64 bits per heavy atom. The molecular weight excluding hydrogens is 193 g/mol. The Kier molecular flexibility index (Phi) is 2.03. The Hall–Kier alpha value is -1.03. The molecule has 0 amide bonds. The van der Waals surface area contributed by atoms with Crippen LogP contribution in [0.1, 0.15) is 18.4 Å². The first-order valence-electron chi connectivity index (χ1n) is 4.29. The number of hydrogen-bond acceptors (Lipinski definition) is 1. The van der Waals surface area contributed by atoms with Crippen molar-refractivity contribution >= 4 is 0 Å². The van der Waals surface area contributed by atoms with Gasteiger partial charge in [0.2, 0.25) is 0 Å². The first kappa shape index (κ1) is 9.52. The van der Waals surface area contributed by atoms with Gasteiger partial charge in [-0.2, -0.15) is 0 Å². The summed E-state index contributed by atoms with van der Waals surface area (Å²) in [6, 6.07) is 1.36. The molecule has 1 aliphatic carbocycles. The van der Waals surface area contributed by atoms with E-state index in [1.807, 2.05) is 0 Å². The molecule has 2 rings (SSSR count). The maximum Gasteiger partial charge on any atom is 0.135 e. The lowest BCUT2D eigenvalue weighted by molar-refractivity contribution is 0.0720. The molecule has 0 N–H and O–H groups in total. The number of methoxy groups -OCH3 is 1. The van der Waals surface area contributed by atoms with Gasteiger partial charge in [0.1, 0.15) is 17.5 Å². The van der Waals surface area contributed by atoms with Crippen molar-refractivity contribution in [1.82, 2.24) is 0 Å². The van der Waals surface area contributed by atoms with Crippen LogP contribution in [0.15, 0.2) is 12.1 Å². The summed E-state index contributed by atoms with van der Waals surface area (Å²) >= 11 is 0. The molecule has 1 aliphatic rings. The molecule has 0 heterocycles. The van der Waals surface area contributed by atoms with Crippen LogP contribution < -0.4 is 0 Å². The Morgan fingerprint density at radius 3 is 2.00 bits per heavy atom. The van der Waals surface area contributed by atoms with Gasteiger partial charge in [-0.25, -0.2) is 13.2 Å². The summed E-state index contributed by atoms with van der Waals surface area (Å²) in [5.41, 5.74) is -1.01. The third-order valence-electron chi connectivity index (χ3n) is 2.56. The second-order valence-corrected chi connectivity index (χ2v) is 3.44. The van der Waals surface area contributed by atoms with E-state index in [1.54, 1.807) is 0 Å². The molecule has 4 heteroatoms. The maximum absolute atomic E-state index is 13.3. The number of halogens is 3. The number of benzene rings is 1. The summed E-state index contributed by atoms with van der Waals surface area (Å²) in [6.07, 6.45) is 1.14. The van der Waals surface area contributed by atoms with E-state index in [0.717, 1.165) is 0 Å². The van der Waals surface area contributed by atoms with Gasteiger partial charge >= 0.3 is 0 Å². The highest BCUT2D eigenvalue weighted by Gasteiger charge is 2.48. The van der Waals surface area contributed by atoms with E-state index in [1.165, 1.54) is 7.11 Å². The molecular formula is C10H9F3O. The van der Waals surface area contributed by atoms with E-state index in [2.05, 4.69) is 0 Å². The van der Waals surface area contributed by atoms with E-state index in [0.29, 0.717) is 25.0 Å². The first-order valence-corrected chi connectivity index (χ1v) is 4.29. The minimum atomic E-state index is -0.907. The summed E-state index contributed by atoms with van der Waals surface area (Å²) < 4.78 is 44.2. The zero-order valence-electron chi connectivity index (χ0n) is 7.61. The Morgan fingerprint density at radius 1 is 1.14 bits per heavy atom. The third-order valence-corrected chi connectivity index (χ3v) is 2.56. The van der Waals surface area contributed by atoms with Crippen LogP contribution in [0.2, 0.25) is 0 Å². The summed E-state index contributed by atoms with van der Waals surface area (Å²) in [4.78, 5) is 0. The van der Waals surface area contributed by atoms with E-state index >= 15 is 0 Å². The van der Waals surface area contributed by atoms with Crippen molar-refractivity contribution in [1.29, 1.82) is 0 Å². The van der Waals surface area contributed by atoms with Gasteiger partial charge in [0.05, 0.1) is 11.2 Å². The summed E-state index contributed by atoms with van der Waals surface area (Å²) in [6.45, 7) is 0. The summed E-state index contributed by atoms with van der Waals surface area (Å²) in [5, 5.41) is 0. The molecule has 14 heavy (non-hydrogen) atoms. The van der Waals surface area contributed by atoms with Crippen molar-refractivity contribution < 1.29 is 17.9 Å². The highest BCUT2D eigenvalue weighted by atomic mass is 19.1. The van der Waals surface area contributed by atoms with Gasteiger partial charge in [0, 0.05) is 19.2 Å². The Bertz CT molecular complexity index is 349. The zero-order chi connectivity index (χ0) is 10.3. The van der Waals surface area contributed by atoms with Crippen LogP contribution >= 0.6 is 0 Å². The van der Waals surface area contributed by atoms with Crippen LogP contribution in [0, 0.1) is 17.5 Å². The van der Waals surface area contributed by atoms with Crippen LogP contribution in [0.25, 0.3) is 0 Å². The van der Waals surface area contributed by atoms with Crippen LogP contribution in [0.3, 0.4) is 0 Å².